The number of nitrogens with one attached hydrogen (secondary N) is 1. The predicted octanol–water partition coefficient (Wildman–Crippen LogP) is 5.37. The SMILES string of the molecule is CCN(CC)CCc1c(-c2ccc(Cl)cc2)[nH]c2ccccc12. The summed E-state index contributed by atoms with van der Waals surface area (Å²) in [5.41, 5.74) is 5.01. The molecule has 0 aliphatic rings. The monoisotopic (exact) mass is 326 g/mol. The van der Waals surface area contributed by atoms with Gasteiger partial charge in [0, 0.05) is 28.2 Å². The molecule has 0 radical (unpaired) electrons. The van der Waals surface area contributed by atoms with Gasteiger partial charge in [-0.15, -0.1) is 0 Å². The highest BCUT2D eigenvalue weighted by atomic mass is 35.5. The van der Waals surface area contributed by atoms with Crippen LogP contribution in [0.1, 0.15) is 19.4 Å². The summed E-state index contributed by atoms with van der Waals surface area (Å²) in [6.07, 6.45) is 1.05. The Morgan fingerprint density at radius 1 is 0.957 bits per heavy atom. The molecule has 0 aliphatic carbocycles. The molecular formula is C20H23ClN2. The highest BCUT2D eigenvalue weighted by molar-refractivity contribution is 6.30. The minimum atomic E-state index is 0.773. The fourth-order valence-corrected chi connectivity index (χ4v) is 3.26. The summed E-state index contributed by atoms with van der Waals surface area (Å²) in [5.74, 6) is 0. The molecule has 120 valence electrons. The van der Waals surface area contributed by atoms with E-state index >= 15 is 0 Å². The normalized spacial score (nSPS) is 11.5. The number of fused-ring (bicyclic) bond motifs is 1. The number of benzene rings is 2. The second-order valence-electron chi connectivity index (χ2n) is 5.81. The van der Waals surface area contributed by atoms with Crippen LogP contribution in [0, 0.1) is 0 Å². The Kier molecular flexibility index (Phi) is 5.04. The van der Waals surface area contributed by atoms with E-state index in [-0.39, 0.29) is 0 Å². The molecule has 3 heteroatoms. The molecule has 0 atom stereocenters. The summed E-state index contributed by atoms with van der Waals surface area (Å²) in [7, 11) is 0. The number of para-hydroxylation sites is 1. The van der Waals surface area contributed by atoms with Gasteiger partial charge in [0.1, 0.15) is 0 Å². The first kappa shape index (κ1) is 16.1. The lowest BCUT2D eigenvalue weighted by atomic mass is 10.0. The number of nitrogens with zero attached hydrogens (tertiary/aromatic N) is 1. The van der Waals surface area contributed by atoms with Crippen molar-refractivity contribution in [3.63, 3.8) is 0 Å². The summed E-state index contributed by atoms with van der Waals surface area (Å²) < 4.78 is 0. The Balaban J connectivity index is 2.02. The fraction of sp³-hybridized carbons (Fsp3) is 0.300. The van der Waals surface area contributed by atoms with Gasteiger partial charge in [-0.25, -0.2) is 0 Å². The van der Waals surface area contributed by atoms with Gasteiger partial charge in [-0.2, -0.15) is 0 Å². The average Bonchev–Trinajstić information content (AvgIpc) is 2.95. The van der Waals surface area contributed by atoms with Crippen molar-refractivity contribution < 1.29 is 0 Å². The van der Waals surface area contributed by atoms with Crippen LogP contribution >= 0.6 is 11.6 Å². The van der Waals surface area contributed by atoms with Gasteiger partial charge in [-0.1, -0.05) is 55.8 Å². The van der Waals surface area contributed by atoms with Crippen molar-refractivity contribution in [2.75, 3.05) is 19.6 Å². The van der Waals surface area contributed by atoms with E-state index < -0.39 is 0 Å². The number of likely N-dealkylation sites (N-methyl/N-ethyl adjacent to an activating group) is 1. The van der Waals surface area contributed by atoms with E-state index in [9.17, 15) is 0 Å². The smallest absolute Gasteiger partial charge is 0.0497 e. The van der Waals surface area contributed by atoms with E-state index in [4.69, 9.17) is 11.6 Å². The zero-order valence-corrected chi connectivity index (χ0v) is 14.5. The van der Waals surface area contributed by atoms with Crippen molar-refractivity contribution in [2.24, 2.45) is 0 Å². The first-order valence-corrected chi connectivity index (χ1v) is 8.68. The Bertz CT molecular complexity index is 770. The number of aromatic nitrogens is 1. The lowest BCUT2D eigenvalue weighted by Gasteiger charge is -2.18. The lowest BCUT2D eigenvalue weighted by Crippen LogP contribution is -2.25. The van der Waals surface area contributed by atoms with Gasteiger partial charge in [0.25, 0.3) is 0 Å². The molecule has 23 heavy (non-hydrogen) atoms. The lowest BCUT2D eigenvalue weighted by molar-refractivity contribution is 0.308. The molecule has 1 aromatic heterocycles. The maximum absolute atomic E-state index is 6.04. The Morgan fingerprint density at radius 3 is 2.35 bits per heavy atom. The first-order chi connectivity index (χ1) is 11.2. The van der Waals surface area contributed by atoms with Gasteiger partial charge in [0.15, 0.2) is 0 Å². The van der Waals surface area contributed by atoms with Crippen molar-refractivity contribution in [1.82, 2.24) is 9.88 Å². The van der Waals surface area contributed by atoms with Gasteiger partial charge in [-0.3, -0.25) is 0 Å². The molecule has 0 unspecified atom stereocenters. The van der Waals surface area contributed by atoms with Crippen molar-refractivity contribution in [2.45, 2.75) is 20.3 Å². The minimum Gasteiger partial charge on any atom is -0.354 e. The van der Waals surface area contributed by atoms with Crippen molar-refractivity contribution in [1.29, 1.82) is 0 Å². The maximum Gasteiger partial charge on any atom is 0.0497 e. The van der Waals surface area contributed by atoms with Crippen LogP contribution in [0.2, 0.25) is 5.02 Å². The molecule has 0 saturated carbocycles. The molecule has 1 heterocycles. The zero-order valence-electron chi connectivity index (χ0n) is 13.8. The highest BCUT2D eigenvalue weighted by Crippen LogP contribution is 2.31. The van der Waals surface area contributed by atoms with E-state index in [0.29, 0.717) is 0 Å². The van der Waals surface area contributed by atoms with Crippen LogP contribution in [0.4, 0.5) is 0 Å². The van der Waals surface area contributed by atoms with Crippen molar-refractivity contribution in [3.8, 4) is 11.3 Å². The van der Waals surface area contributed by atoms with Crippen molar-refractivity contribution >= 4 is 22.5 Å². The second-order valence-corrected chi connectivity index (χ2v) is 6.24. The van der Waals surface area contributed by atoms with Crippen LogP contribution < -0.4 is 0 Å². The van der Waals surface area contributed by atoms with Gasteiger partial charge in [0.2, 0.25) is 0 Å². The van der Waals surface area contributed by atoms with Gasteiger partial charge in [-0.05, 0) is 48.8 Å². The summed E-state index contributed by atoms with van der Waals surface area (Å²) in [6.45, 7) is 7.71. The highest BCUT2D eigenvalue weighted by Gasteiger charge is 2.13. The van der Waals surface area contributed by atoms with E-state index in [1.54, 1.807) is 0 Å². The number of H-pyrrole nitrogens is 1. The number of aromatic amines is 1. The predicted molar refractivity (Wildman–Crippen MR) is 100 cm³/mol. The molecule has 0 fully saturated rings. The average molecular weight is 327 g/mol. The van der Waals surface area contributed by atoms with Crippen LogP contribution in [0.15, 0.2) is 48.5 Å². The molecule has 0 spiro atoms. The maximum atomic E-state index is 6.04. The molecular weight excluding hydrogens is 304 g/mol. The van der Waals surface area contributed by atoms with Crippen LogP contribution in [0.25, 0.3) is 22.2 Å². The first-order valence-electron chi connectivity index (χ1n) is 8.30. The van der Waals surface area contributed by atoms with Crippen LogP contribution in [0.3, 0.4) is 0 Å². The van der Waals surface area contributed by atoms with E-state index in [0.717, 1.165) is 31.1 Å². The molecule has 0 saturated heterocycles. The molecule has 2 nitrogen and oxygen atoms in total. The molecule has 3 rings (SSSR count). The third kappa shape index (κ3) is 3.44. The topological polar surface area (TPSA) is 19.0 Å². The van der Waals surface area contributed by atoms with E-state index in [2.05, 4.69) is 60.1 Å². The summed E-state index contributed by atoms with van der Waals surface area (Å²) in [4.78, 5) is 6.06. The molecule has 3 aromatic rings. The summed E-state index contributed by atoms with van der Waals surface area (Å²) in [6, 6.07) is 16.6. The van der Waals surface area contributed by atoms with E-state index in [1.165, 1.54) is 27.7 Å². The molecule has 2 aromatic carbocycles. The summed E-state index contributed by atoms with van der Waals surface area (Å²) >= 11 is 6.04. The second kappa shape index (κ2) is 7.20. The van der Waals surface area contributed by atoms with Gasteiger partial charge < -0.3 is 9.88 Å². The number of rotatable bonds is 6. The van der Waals surface area contributed by atoms with E-state index in [1.807, 2.05) is 12.1 Å². The summed E-state index contributed by atoms with van der Waals surface area (Å²) in [5, 5.41) is 2.10. The zero-order chi connectivity index (χ0) is 16.2. The van der Waals surface area contributed by atoms with Crippen molar-refractivity contribution in [3.05, 3.63) is 59.1 Å². The molecule has 0 amide bonds. The van der Waals surface area contributed by atoms with Crippen LogP contribution in [-0.4, -0.2) is 29.5 Å². The Labute approximate surface area is 143 Å². The minimum absolute atomic E-state index is 0.773. The third-order valence-electron chi connectivity index (χ3n) is 4.52. The van der Waals surface area contributed by atoms with Crippen LogP contribution in [-0.2, 0) is 6.42 Å². The van der Waals surface area contributed by atoms with Crippen LogP contribution in [0.5, 0.6) is 0 Å². The molecule has 0 aliphatic heterocycles. The number of halogens is 1. The van der Waals surface area contributed by atoms with Gasteiger partial charge in [0.05, 0.1) is 0 Å². The third-order valence-corrected chi connectivity index (χ3v) is 4.77. The largest absolute Gasteiger partial charge is 0.354 e. The molecule has 1 N–H and O–H groups in total. The molecule has 0 bridgehead atoms. The number of hydrogen-bond donors (Lipinski definition) is 1. The van der Waals surface area contributed by atoms with Gasteiger partial charge >= 0.3 is 0 Å². The standard InChI is InChI=1S/C20H23ClN2/c1-3-23(4-2)14-13-18-17-7-5-6-8-19(17)22-20(18)15-9-11-16(21)12-10-15/h5-12,22H,3-4,13-14H2,1-2H3. The fourth-order valence-electron chi connectivity index (χ4n) is 3.13. The Morgan fingerprint density at radius 2 is 1.65 bits per heavy atom. The Hall–Kier alpha value is -1.77. The quantitative estimate of drug-likeness (QED) is 0.645. The number of hydrogen-bond acceptors (Lipinski definition) is 1.